The van der Waals surface area contributed by atoms with Crippen molar-refractivity contribution in [3.8, 4) is 11.3 Å². The van der Waals surface area contributed by atoms with Gasteiger partial charge in [-0.05, 0) is 57.2 Å². The molecule has 5 aromatic rings. The molecule has 14 heteroatoms. The molecular weight excluding hydrogens is 678 g/mol. The first kappa shape index (κ1) is 31.4. The Morgan fingerprint density at radius 1 is 1.04 bits per heavy atom. The minimum absolute atomic E-state index is 0.220. The summed E-state index contributed by atoms with van der Waals surface area (Å²) in [6.07, 6.45) is 3.32. The van der Waals surface area contributed by atoms with E-state index in [2.05, 4.69) is 55.5 Å². The number of halogens is 1. The molecule has 0 spiro atoms. The molecule has 0 bridgehead atoms. The van der Waals surface area contributed by atoms with Crippen LogP contribution in [-0.2, 0) is 11.3 Å². The van der Waals surface area contributed by atoms with Gasteiger partial charge in [0.15, 0.2) is 5.65 Å². The van der Waals surface area contributed by atoms with Crippen LogP contribution in [0, 0.1) is 19.3 Å². The summed E-state index contributed by atoms with van der Waals surface area (Å²) in [5.74, 6) is -1.55. The topological polar surface area (TPSA) is 148 Å². The third-order valence-electron chi connectivity index (χ3n) is 9.12. The number of fused-ring (bicyclic) bond motifs is 2. The molecule has 0 saturated carbocycles. The van der Waals surface area contributed by atoms with Crippen molar-refractivity contribution >= 4 is 50.9 Å². The number of aryl methyl sites for hydroxylation is 2. The average molecular weight is 711 g/mol. The molecule has 4 amide bonds. The molecular formula is C34H32BrN9O4. The molecule has 1 saturated heterocycles. The number of likely N-dealkylation sites (tertiary alicyclic amines) is 1. The minimum Gasteiger partial charge on any atom is -0.335 e. The molecule has 244 valence electrons. The summed E-state index contributed by atoms with van der Waals surface area (Å²) >= 11 is 3.35. The summed E-state index contributed by atoms with van der Waals surface area (Å²) < 4.78 is 4.02. The van der Waals surface area contributed by atoms with Crippen molar-refractivity contribution in [3.63, 3.8) is 0 Å². The molecule has 2 unspecified atom stereocenters. The Balaban J connectivity index is 1.02. The first-order chi connectivity index (χ1) is 22.8. The number of amides is 4. The van der Waals surface area contributed by atoms with E-state index in [-0.39, 0.29) is 28.8 Å². The van der Waals surface area contributed by atoms with Gasteiger partial charge in [0.1, 0.15) is 17.3 Å². The van der Waals surface area contributed by atoms with Gasteiger partial charge in [0.05, 0.1) is 36.1 Å². The van der Waals surface area contributed by atoms with Gasteiger partial charge in [0.2, 0.25) is 5.91 Å². The number of hydrogen-bond acceptors (Lipinski definition) is 8. The molecule has 0 radical (unpaired) electrons. The van der Waals surface area contributed by atoms with Gasteiger partial charge in [0, 0.05) is 39.1 Å². The molecule has 13 nitrogen and oxygen atoms in total. The Morgan fingerprint density at radius 3 is 2.50 bits per heavy atom. The van der Waals surface area contributed by atoms with E-state index < -0.39 is 17.9 Å². The fourth-order valence-corrected chi connectivity index (χ4v) is 6.89. The van der Waals surface area contributed by atoms with E-state index in [1.54, 1.807) is 51.4 Å². The van der Waals surface area contributed by atoms with Gasteiger partial charge in [0.25, 0.3) is 17.7 Å². The van der Waals surface area contributed by atoms with Gasteiger partial charge in [-0.1, -0.05) is 47.1 Å². The van der Waals surface area contributed by atoms with E-state index in [1.807, 2.05) is 38.2 Å². The zero-order chi connectivity index (χ0) is 34.1. The summed E-state index contributed by atoms with van der Waals surface area (Å²) in [7, 11) is 0. The Morgan fingerprint density at radius 2 is 1.77 bits per heavy atom. The van der Waals surface area contributed by atoms with Crippen molar-refractivity contribution < 1.29 is 19.2 Å². The molecule has 2 atom stereocenters. The van der Waals surface area contributed by atoms with Crippen LogP contribution in [0.4, 0.5) is 5.69 Å². The molecule has 7 rings (SSSR count). The van der Waals surface area contributed by atoms with Crippen molar-refractivity contribution in [2.75, 3.05) is 11.9 Å². The predicted molar refractivity (Wildman–Crippen MR) is 179 cm³/mol. The zero-order valence-electron chi connectivity index (χ0n) is 26.9. The van der Waals surface area contributed by atoms with E-state index >= 15 is 0 Å². The average Bonchev–Trinajstić information content (AvgIpc) is 3.75. The molecule has 2 aliphatic heterocycles. The van der Waals surface area contributed by atoms with Gasteiger partial charge in [-0.25, -0.2) is 14.2 Å². The van der Waals surface area contributed by atoms with Crippen LogP contribution < -0.4 is 5.32 Å². The Bertz CT molecular complexity index is 2150. The lowest BCUT2D eigenvalue weighted by atomic mass is 9.74. The normalized spacial score (nSPS) is 17.4. The van der Waals surface area contributed by atoms with Crippen molar-refractivity contribution in [1.82, 2.24) is 39.4 Å². The Labute approximate surface area is 284 Å². The Kier molecular flexibility index (Phi) is 7.50. The molecule has 0 aliphatic carbocycles. The summed E-state index contributed by atoms with van der Waals surface area (Å²) in [6.45, 7) is 10.4. The summed E-state index contributed by atoms with van der Waals surface area (Å²) in [5, 5.41) is 15.9. The van der Waals surface area contributed by atoms with Crippen LogP contribution in [0.2, 0.25) is 0 Å². The monoisotopic (exact) mass is 709 g/mol. The summed E-state index contributed by atoms with van der Waals surface area (Å²) in [5.41, 5.74) is 4.97. The fourth-order valence-electron chi connectivity index (χ4n) is 6.53. The largest absolute Gasteiger partial charge is 0.335 e. The second kappa shape index (κ2) is 11.5. The van der Waals surface area contributed by atoms with Crippen molar-refractivity contribution in [2.24, 2.45) is 5.41 Å². The van der Waals surface area contributed by atoms with Crippen LogP contribution in [0.3, 0.4) is 0 Å². The second-order valence-electron chi connectivity index (χ2n) is 13.0. The van der Waals surface area contributed by atoms with E-state index in [0.29, 0.717) is 45.7 Å². The van der Waals surface area contributed by atoms with Gasteiger partial charge >= 0.3 is 0 Å². The number of hydrogen-bond donors (Lipinski definition) is 1. The smallest absolute Gasteiger partial charge is 0.262 e. The molecule has 48 heavy (non-hydrogen) atoms. The van der Waals surface area contributed by atoms with E-state index in [4.69, 9.17) is 0 Å². The van der Waals surface area contributed by atoms with Gasteiger partial charge < -0.3 is 10.2 Å². The standard InChI is InChI=1S/C34H32BrN9O4/c1-18-12-19(2)44-29(37-18)26(14-36-44)30(45)38-23-9-6-21(7-10-23)27-15-41(40-39-27)16-28-34(4,5)17-42(28)31(46)20(3)43-32(47)24-11-8-22(35)13-25(24)33(43)48/h6-15,20,28H,16-17H2,1-5H3,(H,38,45). The van der Waals surface area contributed by atoms with Crippen molar-refractivity contribution in [2.45, 2.75) is 53.2 Å². The number of carbonyl (C=O) groups is 4. The number of anilines is 1. The fraction of sp³-hybridized carbons (Fsp3) is 0.294. The first-order valence-corrected chi connectivity index (χ1v) is 16.2. The van der Waals surface area contributed by atoms with Gasteiger partial charge in [-0.2, -0.15) is 5.10 Å². The maximum Gasteiger partial charge on any atom is 0.262 e. The van der Waals surface area contributed by atoms with Crippen molar-refractivity contribution in [1.29, 1.82) is 0 Å². The molecule has 5 heterocycles. The molecule has 1 N–H and O–H groups in total. The zero-order valence-corrected chi connectivity index (χ0v) is 28.5. The van der Waals surface area contributed by atoms with Crippen molar-refractivity contribution in [3.05, 3.63) is 93.5 Å². The lowest BCUT2D eigenvalue weighted by molar-refractivity contribution is -0.156. The number of rotatable bonds is 7. The maximum absolute atomic E-state index is 13.7. The highest BCUT2D eigenvalue weighted by molar-refractivity contribution is 9.10. The van der Waals surface area contributed by atoms with E-state index in [0.717, 1.165) is 21.9 Å². The highest BCUT2D eigenvalue weighted by Gasteiger charge is 2.51. The lowest BCUT2D eigenvalue weighted by Gasteiger charge is -2.55. The first-order valence-electron chi connectivity index (χ1n) is 15.4. The molecule has 2 aromatic carbocycles. The number of benzene rings is 2. The number of nitrogens with one attached hydrogen (secondary N) is 1. The summed E-state index contributed by atoms with van der Waals surface area (Å²) in [6, 6.07) is 12.9. The number of carbonyl (C=O) groups excluding carboxylic acids is 4. The highest BCUT2D eigenvalue weighted by Crippen LogP contribution is 2.39. The van der Waals surface area contributed by atoms with Gasteiger partial charge in [-0.3, -0.25) is 24.1 Å². The third kappa shape index (κ3) is 5.25. The minimum atomic E-state index is -0.961. The van der Waals surface area contributed by atoms with Crippen LogP contribution in [0.5, 0.6) is 0 Å². The van der Waals surface area contributed by atoms with E-state index in [1.165, 1.54) is 6.20 Å². The van der Waals surface area contributed by atoms with Crippen LogP contribution in [0.1, 0.15) is 63.2 Å². The van der Waals surface area contributed by atoms with Gasteiger partial charge in [-0.15, -0.1) is 5.10 Å². The highest BCUT2D eigenvalue weighted by atomic mass is 79.9. The van der Waals surface area contributed by atoms with Crippen LogP contribution >= 0.6 is 15.9 Å². The Hall–Kier alpha value is -5.24. The molecule has 2 aliphatic rings. The quantitative estimate of drug-likeness (QED) is 0.242. The summed E-state index contributed by atoms with van der Waals surface area (Å²) in [4.78, 5) is 60.2. The lowest BCUT2D eigenvalue weighted by Crippen LogP contribution is -2.68. The second-order valence-corrected chi connectivity index (χ2v) is 13.9. The number of aromatic nitrogens is 6. The SMILES string of the molecule is Cc1cc(C)n2ncc(C(=O)Nc3ccc(-c4cn(CC5N(C(=O)C(C)N6C(=O)c7ccc(Br)cc7C6=O)CC5(C)C)nn4)cc3)c2n1. The molecule has 3 aromatic heterocycles. The van der Waals surface area contributed by atoms with Crippen LogP contribution in [0.25, 0.3) is 16.9 Å². The molecule has 1 fully saturated rings. The van der Waals surface area contributed by atoms with E-state index in [9.17, 15) is 19.2 Å². The predicted octanol–water partition coefficient (Wildman–Crippen LogP) is 4.54. The number of imide groups is 1. The maximum atomic E-state index is 13.7. The van der Waals surface area contributed by atoms with Crippen LogP contribution in [0.15, 0.2) is 65.4 Å². The van der Waals surface area contributed by atoms with Crippen LogP contribution in [-0.4, -0.2) is 81.6 Å². The third-order valence-corrected chi connectivity index (χ3v) is 9.62. The number of nitrogens with zero attached hydrogens (tertiary/aromatic N) is 8.